The van der Waals surface area contributed by atoms with Gasteiger partial charge in [-0.15, -0.1) is 11.8 Å². The second kappa shape index (κ2) is 6.92. The summed E-state index contributed by atoms with van der Waals surface area (Å²) in [7, 11) is 0. The lowest BCUT2D eigenvalue weighted by Crippen LogP contribution is -2.34. The van der Waals surface area contributed by atoms with Gasteiger partial charge in [-0.25, -0.2) is 0 Å². The van der Waals surface area contributed by atoms with Crippen molar-refractivity contribution in [2.24, 2.45) is 0 Å². The molecule has 0 aromatic heterocycles. The van der Waals surface area contributed by atoms with Crippen LogP contribution < -0.4 is 5.32 Å². The number of alkyl halides is 1. The minimum Gasteiger partial charge on any atom is -0.355 e. The summed E-state index contributed by atoms with van der Waals surface area (Å²) in [5, 5.41) is 3.23. The molecule has 1 atom stereocenters. The van der Waals surface area contributed by atoms with Crippen molar-refractivity contribution >= 4 is 40.3 Å². The fourth-order valence-electron chi connectivity index (χ4n) is 1.34. The highest BCUT2D eigenvalue weighted by molar-refractivity contribution is 14.1. The topological polar surface area (TPSA) is 29.1 Å². The third-order valence-electron chi connectivity index (χ3n) is 2.08. The van der Waals surface area contributed by atoms with Crippen molar-refractivity contribution in [1.82, 2.24) is 5.32 Å². The highest BCUT2D eigenvalue weighted by Crippen LogP contribution is 2.24. The van der Waals surface area contributed by atoms with Gasteiger partial charge < -0.3 is 5.32 Å². The highest BCUT2D eigenvalue weighted by Gasteiger charge is 2.20. The first-order valence-electron chi connectivity index (χ1n) is 4.80. The van der Waals surface area contributed by atoms with Crippen molar-refractivity contribution in [2.75, 3.05) is 16.7 Å². The number of halogens is 1. The predicted octanol–water partition coefficient (Wildman–Crippen LogP) is 2.21. The van der Waals surface area contributed by atoms with Crippen LogP contribution in [0.2, 0.25) is 0 Å². The first kappa shape index (κ1) is 11.6. The number of thioether (sulfide) groups is 1. The Balaban J connectivity index is 2.13. The van der Waals surface area contributed by atoms with Crippen LogP contribution in [0.4, 0.5) is 0 Å². The molecule has 0 spiro atoms. The second-order valence-electron chi connectivity index (χ2n) is 3.19. The van der Waals surface area contributed by atoms with E-state index >= 15 is 0 Å². The SMILES string of the molecule is O=C(NCCCI)C1CCCCS1. The second-order valence-corrected chi connectivity index (χ2v) is 5.58. The standard InChI is InChI=1S/C9H16INOS/c10-5-3-6-11-9(12)8-4-1-2-7-13-8/h8H,1-7H2,(H,11,12). The molecule has 0 aromatic rings. The minimum atomic E-state index is 0.239. The molecule has 1 saturated heterocycles. The van der Waals surface area contributed by atoms with E-state index < -0.39 is 0 Å². The summed E-state index contributed by atoms with van der Waals surface area (Å²) in [6.07, 6.45) is 4.66. The molecule has 13 heavy (non-hydrogen) atoms. The molecule has 1 unspecified atom stereocenters. The van der Waals surface area contributed by atoms with Gasteiger partial charge in [0.15, 0.2) is 0 Å². The average Bonchev–Trinajstić information content (AvgIpc) is 2.19. The summed E-state index contributed by atoms with van der Waals surface area (Å²) < 4.78 is 1.12. The number of carbonyl (C=O) groups excluding carboxylic acids is 1. The van der Waals surface area contributed by atoms with Crippen LogP contribution in [0.5, 0.6) is 0 Å². The predicted molar refractivity (Wildman–Crippen MR) is 66.6 cm³/mol. The Morgan fingerprint density at radius 3 is 3.00 bits per heavy atom. The Bertz CT molecular complexity index is 160. The van der Waals surface area contributed by atoms with Crippen LogP contribution in [0.3, 0.4) is 0 Å². The van der Waals surface area contributed by atoms with Crippen LogP contribution in [-0.4, -0.2) is 27.9 Å². The lowest BCUT2D eigenvalue weighted by molar-refractivity contribution is -0.120. The van der Waals surface area contributed by atoms with Gasteiger partial charge in [-0.2, -0.15) is 0 Å². The number of rotatable bonds is 4. The number of hydrogen-bond acceptors (Lipinski definition) is 2. The Hall–Kier alpha value is 0.550. The van der Waals surface area contributed by atoms with Gasteiger partial charge in [-0.1, -0.05) is 29.0 Å². The van der Waals surface area contributed by atoms with Crippen LogP contribution in [0.1, 0.15) is 25.7 Å². The van der Waals surface area contributed by atoms with E-state index in [-0.39, 0.29) is 11.2 Å². The lowest BCUT2D eigenvalue weighted by Gasteiger charge is -2.20. The van der Waals surface area contributed by atoms with Gasteiger partial charge in [0.1, 0.15) is 0 Å². The Labute approximate surface area is 97.7 Å². The summed E-state index contributed by atoms with van der Waals surface area (Å²) in [6.45, 7) is 0.846. The molecule has 1 aliphatic heterocycles. The van der Waals surface area contributed by atoms with Crippen LogP contribution in [0.15, 0.2) is 0 Å². The third-order valence-corrected chi connectivity index (χ3v) is 4.22. The zero-order valence-corrected chi connectivity index (χ0v) is 10.7. The van der Waals surface area contributed by atoms with Gasteiger partial charge >= 0.3 is 0 Å². The normalized spacial score (nSPS) is 22.7. The zero-order valence-electron chi connectivity index (χ0n) is 7.72. The molecule has 0 aromatic carbocycles. The van der Waals surface area contributed by atoms with Gasteiger partial charge in [0.05, 0.1) is 5.25 Å². The van der Waals surface area contributed by atoms with Crippen molar-refractivity contribution in [1.29, 1.82) is 0 Å². The molecule has 4 heteroatoms. The molecule has 1 rings (SSSR count). The maximum Gasteiger partial charge on any atom is 0.233 e. The van der Waals surface area contributed by atoms with E-state index in [4.69, 9.17) is 0 Å². The van der Waals surface area contributed by atoms with E-state index in [0.29, 0.717) is 0 Å². The summed E-state index contributed by atoms with van der Waals surface area (Å²) in [4.78, 5) is 11.5. The van der Waals surface area contributed by atoms with Gasteiger partial charge in [-0.05, 0) is 25.0 Å². The van der Waals surface area contributed by atoms with Crippen LogP contribution in [0.25, 0.3) is 0 Å². The van der Waals surface area contributed by atoms with Gasteiger partial charge in [-0.3, -0.25) is 4.79 Å². The molecular weight excluding hydrogens is 297 g/mol. The molecule has 1 amide bonds. The van der Waals surface area contributed by atoms with Crippen molar-refractivity contribution in [3.63, 3.8) is 0 Å². The van der Waals surface area contributed by atoms with Gasteiger partial charge in [0.2, 0.25) is 5.91 Å². The minimum absolute atomic E-state index is 0.239. The first-order valence-corrected chi connectivity index (χ1v) is 7.37. The molecule has 2 nitrogen and oxygen atoms in total. The van der Waals surface area contributed by atoms with Gasteiger partial charge in [0, 0.05) is 11.0 Å². The fraction of sp³-hybridized carbons (Fsp3) is 0.889. The number of amides is 1. The molecule has 1 fully saturated rings. The molecule has 76 valence electrons. The first-order chi connectivity index (χ1) is 6.34. The molecular formula is C9H16INOS. The Kier molecular flexibility index (Phi) is 6.19. The summed E-state index contributed by atoms with van der Waals surface area (Å²) in [5.41, 5.74) is 0. The van der Waals surface area contributed by atoms with E-state index in [2.05, 4.69) is 27.9 Å². The fourth-order valence-corrected chi connectivity index (χ4v) is 2.94. The van der Waals surface area contributed by atoms with E-state index in [1.807, 2.05) is 11.8 Å². The van der Waals surface area contributed by atoms with E-state index in [0.717, 1.165) is 29.6 Å². The third kappa shape index (κ3) is 4.54. The van der Waals surface area contributed by atoms with Crippen LogP contribution >= 0.6 is 34.4 Å². The smallest absolute Gasteiger partial charge is 0.233 e. The molecule has 0 radical (unpaired) electrons. The molecule has 1 aliphatic rings. The van der Waals surface area contributed by atoms with E-state index in [1.165, 1.54) is 12.8 Å². The van der Waals surface area contributed by atoms with Crippen molar-refractivity contribution in [2.45, 2.75) is 30.9 Å². The summed E-state index contributed by atoms with van der Waals surface area (Å²) in [5.74, 6) is 1.42. The average molecular weight is 313 g/mol. The Morgan fingerprint density at radius 1 is 1.54 bits per heavy atom. The van der Waals surface area contributed by atoms with Crippen LogP contribution in [-0.2, 0) is 4.79 Å². The quantitative estimate of drug-likeness (QED) is 0.490. The van der Waals surface area contributed by atoms with Gasteiger partial charge in [0.25, 0.3) is 0 Å². The van der Waals surface area contributed by atoms with E-state index in [9.17, 15) is 4.79 Å². The maximum atomic E-state index is 11.5. The molecule has 1 N–H and O–H groups in total. The monoisotopic (exact) mass is 313 g/mol. The Morgan fingerprint density at radius 2 is 2.38 bits per heavy atom. The van der Waals surface area contributed by atoms with Crippen LogP contribution in [0, 0.1) is 0 Å². The molecule has 0 bridgehead atoms. The molecule has 0 saturated carbocycles. The molecule has 1 heterocycles. The zero-order chi connectivity index (χ0) is 9.52. The number of hydrogen-bond donors (Lipinski definition) is 1. The van der Waals surface area contributed by atoms with Crippen molar-refractivity contribution in [3.8, 4) is 0 Å². The van der Waals surface area contributed by atoms with E-state index in [1.54, 1.807) is 0 Å². The number of nitrogens with one attached hydrogen (secondary N) is 1. The molecule has 0 aliphatic carbocycles. The number of carbonyl (C=O) groups is 1. The van der Waals surface area contributed by atoms with Crippen molar-refractivity contribution < 1.29 is 4.79 Å². The van der Waals surface area contributed by atoms with Crippen molar-refractivity contribution in [3.05, 3.63) is 0 Å². The maximum absolute atomic E-state index is 11.5. The highest BCUT2D eigenvalue weighted by atomic mass is 127. The summed E-state index contributed by atoms with van der Waals surface area (Å²) in [6, 6.07) is 0. The largest absolute Gasteiger partial charge is 0.355 e. The summed E-state index contributed by atoms with van der Waals surface area (Å²) >= 11 is 4.15. The lowest BCUT2D eigenvalue weighted by atomic mass is 10.2.